The van der Waals surface area contributed by atoms with Gasteiger partial charge in [0.25, 0.3) is 0 Å². The molecule has 0 bridgehead atoms. The molecule has 1 heterocycles. The maximum atomic E-state index is 14.6. The molecule has 0 radical (unpaired) electrons. The fourth-order valence-corrected chi connectivity index (χ4v) is 6.48. The summed E-state index contributed by atoms with van der Waals surface area (Å²) in [6.45, 7) is 3.05. The van der Waals surface area contributed by atoms with Crippen molar-refractivity contribution < 1.29 is 36.6 Å². The van der Waals surface area contributed by atoms with Crippen molar-refractivity contribution in [3.63, 3.8) is 0 Å². The Hall–Kier alpha value is -3.44. The van der Waals surface area contributed by atoms with Crippen molar-refractivity contribution in [3.8, 4) is 16.3 Å². The van der Waals surface area contributed by atoms with Crippen LogP contribution in [-0.4, -0.2) is 22.7 Å². The Bertz CT molecular complexity index is 1490. The molecular formula is C28H22F5NO3S2. The molecule has 39 heavy (non-hydrogen) atoms. The quantitative estimate of drug-likeness (QED) is 0.160. The molecule has 1 atom stereocenters. The highest BCUT2D eigenvalue weighted by molar-refractivity contribution is 7.99. The molecule has 1 N–H and O–H groups in total. The van der Waals surface area contributed by atoms with Gasteiger partial charge in [0.05, 0.1) is 11.3 Å². The third-order valence-corrected chi connectivity index (χ3v) is 8.46. The smallest absolute Gasteiger partial charge is 0.416 e. The fraction of sp³-hybridized carbons (Fsp3) is 0.214. The lowest BCUT2D eigenvalue weighted by Gasteiger charge is -2.18. The molecule has 0 aliphatic heterocycles. The zero-order valence-electron chi connectivity index (χ0n) is 20.7. The maximum absolute atomic E-state index is 14.6. The highest BCUT2D eigenvalue weighted by Gasteiger charge is 2.30. The van der Waals surface area contributed by atoms with Gasteiger partial charge in [-0.2, -0.15) is 13.2 Å². The number of rotatable bonds is 9. The molecule has 0 saturated heterocycles. The topological polar surface area (TPSA) is 59.4 Å². The van der Waals surface area contributed by atoms with Gasteiger partial charge in [-0.25, -0.2) is 18.6 Å². The van der Waals surface area contributed by atoms with E-state index in [1.54, 1.807) is 26.0 Å². The van der Waals surface area contributed by atoms with E-state index in [9.17, 15) is 26.7 Å². The second kappa shape index (κ2) is 11.7. The number of carbonyl (C=O) groups is 1. The van der Waals surface area contributed by atoms with E-state index in [0.29, 0.717) is 27.6 Å². The second-order valence-electron chi connectivity index (χ2n) is 8.70. The zero-order chi connectivity index (χ0) is 28.3. The Morgan fingerprint density at radius 2 is 1.77 bits per heavy atom. The van der Waals surface area contributed by atoms with Crippen LogP contribution in [0.15, 0.2) is 65.6 Å². The molecule has 204 valence electrons. The summed E-state index contributed by atoms with van der Waals surface area (Å²) in [5.74, 6) is -1.82. The van der Waals surface area contributed by atoms with Crippen molar-refractivity contribution in [2.75, 3.05) is 6.61 Å². The van der Waals surface area contributed by atoms with Crippen molar-refractivity contribution in [3.05, 3.63) is 99.6 Å². The summed E-state index contributed by atoms with van der Waals surface area (Å²) in [4.78, 5) is 16.9. The van der Waals surface area contributed by atoms with Crippen LogP contribution < -0.4 is 4.74 Å². The van der Waals surface area contributed by atoms with E-state index in [0.717, 1.165) is 40.1 Å². The highest BCUT2D eigenvalue weighted by atomic mass is 32.2. The number of hydrogen-bond donors (Lipinski definition) is 1. The van der Waals surface area contributed by atoms with Crippen LogP contribution in [0.1, 0.15) is 32.5 Å². The average molecular weight is 580 g/mol. The van der Waals surface area contributed by atoms with E-state index in [-0.39, 0.29) is 12.0 Å². The van der Waals surface area contributed by atoms with Crippen LogP contribution in [-0.2, 0) is 17.4 Å². The largest absolute Gasteiger partial charge is 0.482 e. The molecule has 0 saturated carbocycles. The van der Waals surface area contributed by atoms with Crippen LogP contribution in [0.5, 0.6) is 5.75 Å². The minimum atomic E-state index is -4.45. The summed E-state index contributed by atoms with van der Waals surface area (Å²) in [6.07, 6.45) is -4.33. The number of aromatic nitrogens is 1. The number of carboxylic acids is 1. The molecule has 0 aliphatic carbocycles. The first kappa shape index (κ1) is 28.6. The van der Waals surface area contributed by atoms with Gasteiger partial charge in [-0.3, -0.25) is 0 Å². The number of benzene rings is 3. The van der Waals surface area contributed by atoms with E-state index in [1.165, 1.54) is 35.2 Å². The van der Waals surface area contributed by atoms with Crippen LogP contribution in [0.3, 0.4) is 0 Å². The summed E-state index contributed by atoms with van der Waals surface area (Å²) >= 11 is 2.67. The molecule has 11 heteroatoms. The number of ether oxygens (including phenoxy) is 1. The SMILES string of the molecule is Cc1cc(SC(Cc2cc(F)ccc2F)c2sc(-c3ccc(C(F)(F)F)cc3)nc2C)ccc1OCC(=O)O. The molecule has 1 unspecified atom stereocenters. The average Bonchev–Trinajstić information content (AvgIpc) is 3.26. The van der Waals surface area contributed by atoms with E-state index in [4.69, 9.17) is 9.84 Å². The number of alkyl halides is 3. The molecule has 4 nitrogen and oxygen atoms in total. The minimum Gasteiger partial charge on any atom is -0.482 e. The Balaban J connectivity index is 1.68. The lowest BCUT2D eigenvalue weighted by molar-refractivity contribution is -0.139. The van der Waals surface area contributed by atoms with Gasteiger partial charge < -0.3 is 9.84 Å². The van der Waals surface area contributed by atoms with Gasteiger partial charge in [-0.05, 0) is 79.9 Å². The molecular weight excluding hydrogens is 557 g/mol. The molecule has 0 spiro atoms. The Kier molecular flexibility index (Phi) is 8.60. The number of thioether (sulfide) groups is 1. The van der Waals surface area contributed by atoms with Crippen molar-refractivity contribution in [2.24, 2.45) is 0 Å². The Morgan fingerprint density at radius 1 is 1.05 bits per heavy atom. The maximum Gasteiger partial charge on any atom is 0.416 e. The monoisotopic (exact) mass is 579 g/mol. The first-order valence-corrected chi connectivity index (χ1v) is 13.3. The number of carboxylic acid groups (broad SMARTS) is 1. The molecule has 4 rings (SSSR count). The van der Waals surface area contributed by atoms with Crippen molar-refractivity contribution in [1.29, 1.82) is 0 Å². The summed E-state index contributed by atoms with van der Waals surface area (Å²) < 4.78 is 72.8. The molecule has 0 amide bonds. The molecule has 0 aliphatic rings. The number of hydrogen-bond acceptors (Lipinski definition) is 5. The van der Waals surface area contributed by atoms with Gasteiger partial charge in [-0.1, -0.05) is 12.1 Å². The van der Waals surface area contributed by atoms with Crippen LogP contribution in [0.25, 0.3) is 10.6 Å². The Labute approximate surface area is 229 Å². The van der Waals surface area contributed by atoms with Gasteiger partial charge in [0, 0.05) is 20.6 Å². The van der Waals surface area contributed by atoms with Crippen molar-refractivity contribution >= 4 is 29.1 Å². The number of aryl methyl sites for hydroxylation is 2. The van der Waals surface area contributed by atoms with E-state index >= 15 is 0 Å². The van der Waals surface area contributed by atoms with E-state index in [2.05, 4.69) is 4.98 Å². The fourth-order valence-electron chi connectivity index (χ4n) is 3.88. The standard InChI is InChI=1S/C28H22F5NO3S2/c1-15-11-21(8-10-23(15)37-14-25(35)36)38-24(13-18-12-20(29)7-9-22(18)30)26-16(2)34-27(39-26)17-3-5-19(6-4-17)28(31,32)33/h3-12,24H,13-14H2,1-2H3,(H,35,36). The molecule has 4 aromatic rings. The van der Waals surface area contributed by atoms with Crippen LogP contribution in [0, 0.1) is 25.5 Å². The number of nitrogens with zero attached hydrogens (tertiary/aromatic N) is 1. The van der Waals surface area contributed by atoms with E-state index < -0.39 is 41.2 Å². The third kappa shape index (κ3) is 7.15. The lowest BCUT2D eigenvalue weighted by atomic mass is 10.1. The van der Waals surface area contributed by atoms with Gasteiger partial charge in [0.1, 0.15) is 22.4 Å². The van der Waals surface area contributed by atoms with Gasteiger partial charge in [0.2, 0.25) is 0 Å². The van der Waals surface area contributed by atoms with Crippen LogP contribution >= 0.6 is 23.1 Å². The van der Waals surface area contributed by atoms with Gasteiger partial charge in [-0.15, -0.1) is 23.1 Å². The van der Waals surface area contributed by atoms with Gasteiger partial charge >= 0.3 is 12.1 Å². The number of halogens is 5. The van der Waals surface area contributed by atoms with Gasteiger partial charge in [0.15, 0.2) is 6.61 Å². The first-order valence-electron chi connectivity index (χ1n) is 11.6. The molecule has 0 fully saturated rings. The number of aliphatic carboxylic acids is 1. The Morgan fingerprint density at radius 3 is 2.41 bits per heavy atom. The van der Waals surface area contributed by atoms with E-state index in [1.807, 2.05) is 6.07 Å². The second-order valence-corrected chi connectivity index (χ2v) is 11.0. The van der Waals surface area contributed by atoms with Crippen molar-refractivity contribution in [2.45, 2.75) is 36.6 Å². The summed E-state index contributed by atoms with van der Waals surface area (Å²) in [5.41, 5.74) is 1.25. The predicted molar refractivity (Wildman–Crippen MR) is 140 cm³/mol. The zero-order valence-corrected chi connectivity index (χ0v) is 22.3. The third-order valence-electron chi connectivity index (χ3n) is 5.77. The summed E-state index contributed by atoms with van der Waals surface area (Å²) in [7, 11) is 0. The minimum absolute atomic E-state index is 0.125. The molecule has 3 aromatic carbocycles. The number of thiazole rings is 1. The lowest BCUT2D eigenvalue weighted by Crippen LogP contribution is -2.10. The summed E-state index contributed by atoms with van der Waals surface area (Å²) in [6, 6.07) is 13.2. The highest BCUT2D eigenvalue weighted by Crippen LogP contribution is 2.44. The van der Waals surface area contributed by atoms with Crippen LogP contribution in [0.2, 0.25) is 0 Å². The van der Waals surface area contributed by atoms with Crippen LogP contribution in [0.4, 0.5) is 22.0 Å². The summed E-state index contributed by atoms with van der Waals surface area (Å²) in [5, 5.41) is 8.97. The predicted octanol–water partition coefficient (Wildman–Crippen LogP) is 8.26. The van der Waals surface area contributed by atoms with Crippen molar-refractivity contribution in [1.82, 2.24) is 4.98 Å². The first-order chi connectivity index (χ1) is 18.4. The normalized spacial score (nSPS) is 12.4. The molecule has 1 aromatic heterocycles.